The molecule has 1 aliphatic rings. The van der Waals surface area contributed by atoms with E-state index in [1.807, 2.05) is 25.1 Å². The monoisotopic (exact) mass is 480 g/mol. The minimum Gasteiger partial charge on any atom is -0.322 e. The number of thiophene rings is 1. The van der Waals surface area contributed by atoms with Gasteiger partial charge in [-0.2, -0.15) is 0 Å². The Labute approximate surface area is 204 Å². The number of nitrogens with one attached hydrogen (secondary N) is 2. The summed E-state index contributed by atoms with van der Waals surface area (Å²) in [4.78, 5) is 27.7. The molecule has 4 nitrogen and oxygen atoms in total. The topological polar surface area (TPSA) is 58.2 Å². The van der Waals surface area contributed by atoms with Gasteiger partial charge in [0, 0.05) is 21.2 Å². The van der Waals surface area contributed by atoms with Gasteiger partial charge in [0.15, 0.2) is 0 Å². The Hall–Kier alpha value is -2.63. The number of aryl methyl sites for hydroxylation is 1. The third-order valence-electron chi connectivity index (χ3n) is 6.44. The third-order valence-corrected chi connectivity index (χ3v) is 7.86. The van der Waals surface area contributed by atoms with Gasteiger partial charge in [0.1, 0.15) is 5.00 Å². The van der Waals surface area contributed by atoms with Crippen LogP contribution >= 0.6 is 22.9 Å². The van der Waals surface area contributed by atoms with Gasteiger partial charge in [-0.3, -0.25) is 9.59 Å². The first-order valence-corrected chi connectivity index (χ1v) is 12.4. The summed E-state index contributed by atoms with van der Waals surface area (Å²) in [7, 11) is 0. The van der Waals surface area contributed by atoms with Crippen LogP contribution in [0.4, 0.5) is 10.7 Å². The second-order valence-corrected chi connectivity index (χ2v) is 11.3. The lowest BCUT2D eigenvalue weighted by Gasteiger charge is -2.33. The normalized spacial score (nSPS) is 15.6. The molecule has 1 aliphatic carbocycles. The summed E-state index contributed by atoms with van der Waals surface area (Å²) in [5.41, 5.74) is 4.02. The van der Waals surface area contributed by atoms with Crippen LogP contribution in [0.25, 0.3) is 0 Å². The van der Waals surface area contributed by atoms with E-state index in [2.05, 4.69) is 31.4 Å². The van der Waals surface area contributed by atoms with Crippen LogP contribution in [0, 0.1) is 18.3 Å². The Morgan fingerprint density at radius 3 is 2.36 bits per heavy atom. The molecule has 172 valence electrons. The average molecular weight is 481 g/mol. The number of carbonyl (C=O) groups is 2. The van der Waals surface area contributed by atoms with Gasteiger partial charge < -0.3 is 10.6 Å². The Kier molecular flexibility index (Phi) is 6.64. The maximum atomic E-state index is 13.4. The highest BCUT2D eigenvalue weighted by Gasteiger charge is 2.34. The molecule has 0 saturated heterocycles. The van der Waals surface area contributed by atoms with Gasteiger partial charge in [-0.1, -0.05) is 50.6 Å². The van der Waals surface area contributed by atoms with Crippen LogP contribution in [0.5, 0.6) is 0 Å². The average Bonchev–Trinajstić information content (AvgIpc) is 3.12. The molecule has 0 fully saturated rings. The van der Waals surface area contributed by atoms with Crippen molar-refractivity contribution in [1.29, 1.82) is 0 Å². The van der Waals surface area contributed by atoms with Crippen LogP contribution in [0.15, 0.2) is 48.5 Å². The van der Waals surface area contributed by atoms with Crippen molar-refractivity contribution < 1.29 is 9.59 Å². The molecule has 2 N–H and O–H groups in total. The van der Waals surface area contributed by atoms with Gasteiger partial charge in [0.2, 0.25) is 0 Å². The Bertz CT molecular complexity index is 1190. The minimum atomic E-state index is -0.205. The molecule has 33 heavy (non-hydrogen) atoms. The van der Waals surface area contributed by atoms with E-state index in [1.165, 1.54) is 16.2 Å². The number of rotatable bonds is 4. The third kappa shape index (κ3) is 5.15. The lowest BCUT2D eigenvalue weighted by molar-refractivity contribution is 0.102. The predicted molar refractivity (Wildman–Crippen MR) is 138 cm³/mol. The molecule has 3 aromatic rings. The Morgan fingerprint density at radius 1 is 1.00 bits per heavy atom. The molecule has 1 aromatic heterocycles. The molecule has 0 aliphatic heterocycles. The molecule has 0 spiro atoms. The predicted octanol–water partition coefficient (Wildman–Crippen LogP) is 7.37. The number of amides is 2. The van der Waals surface area contributed by atoms with E-state index in [0.29, 0.717) is 32.8 Å². The number of benzene rings is 2. The largest absolute Gasteiger partial charge is 0.322 e. The quantitative estimate of drug-likeness (QED) is 0.409. The molecule has 2 amide bonds. The molecular formula is C27H29ClN2O2S. The summed E-state index contributed by atoms with van der Waals surface area (Å²) in [5.74, 6) is 0.138. The van der Waals surface area contributed by atoms with Crippen molar-refractivity contribution in [3.8, 4) is 0 Å². The molecule has 4 rings (SSSR count). The van der Waals surface area contributed by atoms with Crippen molar-refractivity contribution in [2.75, 3.05) is 10.6 Å². The number of hydrogen-bond donors (Lipinski definition) is 2. The van der Waals surface area contributed by atoms with Crippen LogP contribution in [0.1, 0.15) is 63.9 Å². The number of hydrogen-bond acceptors (Lipinski definition) is 3. The fraction of sp³-hybridized carbons (Fsp3) is 0.333. The van der Waals surface area contributed by atoms with E-state index >= 15 is 0 Å². The summed E-state index contributed by atoms with van der Waals surface area (Å²) in [5, 5.41) is 7.27. The van der Waals surface area contributed by atoms with Crippen LogP contribution in [-0.2, 0) is 12.8 Å². The van der Waals surface area contributed by atoms with Crippen LogP contribution in [0.2, 0.25) is 5.02 Å². The number of fused-ring (bicyclic) bond motifs is 1. The molecule has 0 unspecified atom stereocenters. The SMILES string of the molecule is Cc1ccccc1C(=O)Nc1sc2c(c1C(=O)Nc1ccc(Cl)cc1)CC[C@@H](C(C)(C)C)C2. The Balaban J connectivity index is 1.69. The summed E-state index contributed by atoms with van der Waals surface area (Å²) >= 11 is 7.53. The van der Waals surface area contributed by atoms with Crippen molar-refractivity contribution in [3.63, 3.8) is 0 Å². The van der Waals surface area contributed by atoms with E-state index in [1.54, 1.807) is 30.3 Å². The molecule has 1 heterocycles. The second-order valence-electron chi connectivity index (χ2n) is 9.74. The van der Waals surface area contributed by atoms with Crippen molar-refractivity contribution in [2.24, 2.45) is 11.3 Å². The summed E-state index contributed by atoms with van der Waals surface area (Å²) in [6, 6.07) is 14.5. The highest BCUT2D eigenvalue weighted by molar-refractivity contribution is 7.17. The standard InChI is InChI=1S/C27H29ClN2O2S/c1-16-7-5-6-8-20(16)24(31)30-26-23(25(32)29-19-12-10-18(28)11-13-19)21-14-9-17(27(2,3)4)15-22(21)33-26/h5-8,10-13,17H,9,14-15H2,1-4H3,(H,29,32)(H,30,31)/t17-/m1/s1. The second kappa shape index (κ2) is 9.32. The minimum absolute atomic E-state index is 0.192. The first-order valence-electron chi connectivity index (χ1n) is 11.2. The lowest BCUT2D eigenvalue weighted by Crippen LogP contribution is -2.27. The maximum Gasteiger partial charge on any atom is 0.258 e. The van der Waals surface area contributed by atoms with E-state index in [0.717, 1.165) is 30.4 Å². The van der Waals surface area contributed by atoms with E-state index in [9.17, 15) is 9.59 Å². The maximum absolute atomic E-state index is 13.4. The molecule has 0 radical (unpaired) electrons. The fourth-order valence-corrected chi connectivity index (χ4v) is 5.82. The highest BCUT2D eigenvalue weighted by atomic mass is 35.5. The number of anilines is 2. The van der Waals surface area contributed by atoms with E-state index in [-0.39, 0.29) is 17.2 Å². The molecule has 6 heteroatoms. The van der Waals surface area contributed by atoms with Crippen molar-refractivity contribution in [2.45, 2.75) is 47.0 Å². The zero-order valence-corrected chi connectivity index (χ0v) is 21.0. The molecule has 0 bridgehead atoms. The summed E-state index contributed by atoms with van der Waals surface area (Å²) in [6.45, 7) is 8.72. The van der Waals surface area contributed by atoms with Gasteiger partial charge in [-0.15, -0.1) is 11.3 Å². The zero-order chi connectivity index (χ0) is 23.8. The molecule has 0 saturated carbocycles. The molecular weight excluding hydrogens is 452 g/mol. The van der Waals surface area contributed by atoms with E-state index in [4.69, 9.17) is 11.6 Å². The van der Waals surface area contributed by atoms with E-state index < -0.39 is 0 Å². The highest BCUT2D eigenvalue weighted by Crippen LogP contribution is 2.44. The molecule has 2 aromatic carbocycles. The van der Waals surface area contributed by atoms with Gasteiger partial charge in [-0.25, -0.2) is 0 Å². The van der Waals surface area contributed by atoms with Gasteiger partial charge in [-0.05, 0) is 79.0 Å². The van der Waals surface area contributed by atoms with Gasteiger partial charge >= 0.3 is 0 Å². The summed E-state index contributed by atoms with van der Waals surface area (Å²) in [6.07, 6.45) is 2.78. The number of halogens is 1. The Morgan fingerprint density at radius 2 is 1.70 bits per heavy atom. The first kappa shape index (κ1) is 23.5. The van der Waals surface area contributed by atoms with Crippen molar-refractivity contribution in [1.82, 2.24) is 0 Å². The molecule has 1 atom stereocenters. The van der Waals surface area contributed by atoms with Crippen LogP contribution < -0.4 is 10.6 Å². The van der Waals surface area contributed by atoms with Crippen LogP contribution in [-0.4, -0.2) is 11.8 Å². The van der Waals surface area contributed by atoms with Crippen molar-refractivity contribution in [3.05, 3.63) is 80.7 Å². The summed E-state index contributed by atoms with van der Waals surface area (Å²) < 4.78 is 0. The smallest absolute Gasteiger partial charge is 0.258 e. The number of carbonyl (C=O) groups excluding carboxylic acids is 2. The zero-order valence-electron chi connectivity index (χ0n) is 19.4. The first-order chi connectivity index (χ1) is 15.6. The van der Waals surface area contributed by atoms with Gasteiger partial charge in [0.05, 0.1) is 5.56 Å². The van der Waals surface area contributed by atoms with Crippen molar-refractivity contribution >= 4 is 45.4 Å². The lowest BCUT2D eigenvalue weighted by atomic mass is 9.72. The van der Waals surface area contributed by atoms with Crippen LogP contribution in [0.3, 0.4) is 0 Å². The van der Waals surface area contributed by atoms with Gasteiger partial charge in [0.25, 0.3) is 11.8 Å². The fourth-order valence-electron chi connectivity index (χ4n) is 4.38.